The summed E-state index contributed by atoms with van der Waals surface area (Å²) in [6.07, 6.45) is 2.92. The number of hydrogen-bond acceptors (Lipinski definition) is 1. The first kappa shape index (κ1) is 10.7. The van der Waals surface area contributed by atoms with Crippen LogP contribution in [0.2, 0.25) is 0 Å². The smallest absolute Gasteiger partial charge is 0.475 e. The lowest BCUT2D eigenvalue weighted by atomic mass is 10.7. The molecule has 0 aliphatic carbocycles. The zero-order chi connectivity index (χ0) is 8.08. The quantitative estimate of drug-likeness (QED) is 0.507. The van der Waals surface area contributed by atoms with Crippen molar-refractivity contribution in [3.63, 3.8) is 0 Å². The van der Waals surface area contributed by atoms with Crippen LogP contribution in [0, 0.1) is 12.8 Å². The van der Waals surface area contributed by atoms with Crippen molar-refractivity contribution in [2.75, 3.05) is 0 Å². The van der Waals surface area contributed by atoms with E-state index in [9.17, 15) is 13.2 Å². The number of halogens is 3. The molecule has 0 aromatic rings. The van der Waals surface area contributed by atoms with Crippen molar-refractivity contribution in [2.24, 2.45) is 0 Å². The second-order valence-electron chi connectivity index (χ2n) is 0.803. The zero-order valence-electron chi connectivity index (χ0n) is 4.14. The number of alkyl halides is 3. The van der Waals surface area contributed by atoms with Gasteiger partial charge in [-0.3, -0.25) is 0 Å². The van der Waals surface area contributed by atoms with Crippen molar-refractivity contribution in [2.45, 2.75) is 6.18 Å². The Balaban J connectivity index is 0. The van der Waals surface area contributed by atoms with Crippen molar-refractivity contribution in [3.8, 4) is 12.8 Å². The van der Waals surface area contributed by atoms with Crippen LogP contribution in [0.3, 0.4) is 0 Å². The Labute approximate surface area is 49.3 Å². The van der Waals surface area contributed by atoms with Gasteiger partial charge in [0.1, 0.15) is 0 Å². The van der Waals surface area contributed by atoms with Crippen LogP contribution in [0.5, 0.6) is 0 Å². The van der Waals surface area contributed by atoms with Gasteiger partial charge in [-0.05, 0) is 0 Å². The molecule has 0 saturated carbocycles. The van der Waals surface area contributed by atoms with E-state index in [0.29, 0.717) is 0 Å². The summed E-state index contributed by atoms with van der Waals surface area (Å²) in [4.78, 5) is 8.90. The summed E-state index contributed by atoms with van der Waals surface area (Å²) in [5, 5.41) is 7.12. The summed E-state index contributed by atoms with van der Waals surface area (Å²) < 4.78 is 31.7. The van der Waals surface area contributed by atoms with Crippen LogP contribution in [0.1, 0.15) is 0 Å². The highest BCUT2D eigenvalue weighted by atomic mass is 19.4. The minimum absolute atomic E-state index is 2.76. The Morgan fingerprint density at radius 3 is 1.44 bits per heavy atom. The average molecular weight is 140 g/mol. The molecule has 0 amide bonds. The van der Waals surface area contributed by atoms with Crippen molar-refractivity contribution in [3.05, 3.63) is 0 Å². The summed E-state index contributed by atoms with van der Waals surface area (Å²) in [6.45, 7) is 0. The maximum atomic E-state index is 10.6. The Morgan fingerprint density at radius 1 is 1.33 bits per heavy atom. The first-order valence-corrected chi connectivity index (χ1v) is 1.58. The summed E-state index contributed by atoms with van der Waals surface area (Å²) in [7, 11) is 0. The van der Waals surface area contributed by atoms with Gasteiger partial charge in [-0.1, -0.05) is 0 Å². The zero-order valence-corrected chi connectivity index (χ0v) is 4.14. The van der Waals surface area contributed by atoms with E-state index in [-0.39, 0.29) is 0 Å². The van der Waals surface area contributed by atoms with E-state index in [2.05, 4.69) is 12.8 Å². The molecule has 0 unspecified atom stereocenters. The van der Waals surface area contributed by atoms with E-state index >= 15 is 0 Å². The van der Waals surface area contributed by atoms with E-state index in [4.69, 9.17) is 9.90 Å². The predicted molar refractivity (Wildman–Crippen MR) is 23.6 cm³/mol. The molecule has 0 aliphatic heterocycles. The van der Waals surface area contributed by atoms with Gasteiger partial charge < -0.3 is 5.11 Å². The van der Waals surface area contributed by atoms with Crippen LogP contribution in [-0.4, -0.2) is 17.3 Å². The van der Waals surface area contributed by atoms with E-state index in [0.717, 1.165) is 0 Å². The first-order chi connectivity index (χ1) is 3.94. The molecular formula is C4H3F3O2. The molecule has 0 aromatic heterocycles. The standard InChI is InChI=1S/C2HF3O2.C2H2/c3-2(4,5)1(6)7;1-2/h(H,6,7);1-2H. The van der Waals surface area contributed by atoms with Gasteiger partial charge in [0.25, 0.3) is 0 Å². The largest absolute Gasteiger partial charge is 0.490 e. The van der Waals surface area contributed by atoms with Gasteiger partial charge in [-0.25, -0.2) is 4.79 Å². The van der Waals surface area contributed by atoms with Crippen LogP contribution in [-0.2, 0) is 4.79 Å². The third kappa shape index (κ3) is 6.82. The molecule has 0 fully saturated rings. The maximum Gasteiger partial charge on any atom is 0.490 e. The van der Waals surface area contributed by atoms with E-state index in [1.807, 2.05) is 0 Å². The van der Waals surface area contributed by atoms with E-state index in [1.54, 1.807) is 0 Å². The second kappa shape index (κ2) is 3.78. The summed E-state index contributed by atoms with van der Waals surface area (Å²) in [6, 6.07) is 0. The molecular weight excluding hydrogens is 137 g/mol. The summed E-state index contributed by atoms with van der Waals surface area (Å²) >= 11 is 0. The second-order valence-corrected chi connectivity index (χ2v) is 0.803. The number of hydrogen-bond donors (Lipinski definition) is 1. The number of carboxylic acids is 1. The van der Waals surface area contributed by atoms with Gasteiger partial charge in [0, 0.05) is 0 Å². The minimum atomic E-state index is -5.08. The lowest BCUT2D eigenvalue weighted by Crippen LogP contribution is -2.21. The van der Waals surface area contributed by atoms with Gasteiger partial charge in [0.05, 0.1) is 0 Å². The van der Waals surface area contributed by atoms with Gasteiger partial charge in [-0.15, -0.1) is 12.8 Å². The molecule has 2 nitrogen and oxygen atoms in total. The Bertz CT molecular complexity index is 113. The summed E-state index contributed by atoms with van der Waals surface area (Å²) in [5.41, 5.74) is 0. The molecule has 52 valence electrons. The molecule has 5 heteroatoms. The Hall–Kier alpha value is -1.18. The number of rotatable bonds is 0. The predicted octanol–water partition coefficient (Wildman–Crippen LogP) is 0.883. The average Bonchev–Trinajstić information content (AvgIpc) is 1.69. The monoisotopic (exact) mass is 140 g/mol. The fraction of sp³-hybridized carbons (Fsp3) is 0.250. The molecule has 0 aromatic carbocycles. The number of terminal acetylenes is 1. The van der Waals surface area contributed by atoms with Crippen molar-refractivity contribution in [1.29, 1.82) is 0 Å². The molecule has 0 radical (unpaired) electrons. The fourth-order valence-corrected chi connectivity index (χ4v) is 0. The Kier molecular flexibility index (Phi) is 4.51. The van der Waals surface area contributed by atoms with Crippen LogP contribution in [0.15, 0.2) is 0 Å². The van der Waals surface area contributed by atoms with Gasteiger partial charge in [0.15, 0.2) is 0 Å². The fourth-order valence-electron chi connectivity index (χ4n) is 0. The topological polar surface area (TPSA) is 37.3 Å². The van der Waals surface area contributed by atoms with Gasteiger partial charge in [-0.2, -0.15) is 13.2 Å². The lowest BCUT2D eigenvalue weighted by Gasteiger charge is -1.93. The highest BCUT2D eigenvalue weighted by molar-refractivity contribution is 5.73. The van der Waals surface area contributed by atoms with Gasteiger partial charge in [0.2, 0.25) is 0 Å². The molecule has 9 heavy (non-hydrogen) atoms. The third-order valence-electron chi connectivity index (χ3n) is 0.243. The SMILES string of the molecule is C#C.O=C(O)C(F)(F)F. The molecule has 0 heterocycles. The molecule has 1 N–H and O–H groups in total. The van der Waals surface area contributed by atoms with Crippen molar-refractivity contribution in [1.82, 2.24) is 0 Å². The summed E-state index contributed by atoms with van der Waals surface area (Å²) in [5.74, 6) is -2.76. The van der Waals surface area contributed by atoms with Crippen LogP contribution >= 0.6 is 0 Å². The molecule has 0 atom stereocenters. The number of carbonyl (C=O) groups is 1. The molecule has 0 aliphatic rings. The Morgan fingerprint density at radius 2 is 1.44 bits per heavy atom. The molecule has 0 bridgehead atoms. The minimum Gasteiger partial charge on any atom is -0.475 e. The number of aliphatic carboxylic acids is 1. The van der Waals surface area contributed by atoms with Crippen LogP contribution < -0.4 is 0 Å². The maximum absolute atomic E-state index is 10.6. The van der Waals surface area contributed by atoms with Crippen LogP contribution in [0.25, 0.3) is 0 Å². The molecule has 0 spiro atoms. The van der Waals surface area contributed by atoms with E-state index in [1.165, 1.54) is 0 Å². The third-order valence-corrected chi connectivity index (χ3v) is 0.243. The highest BCUT2D eigenvalue weighted by Gasteiger charge is 2.38. The van der Waals surface area contributed by atoms with Gasteiger partial charge >= 0.3 is 12.1 Å². The van der Waals surface area contributed by atoms with Crippen molar-refractivity contribution >= 4 is 5.97 Å². The lowest BCUT2D eigenvalue weighted by molar-refractivity contribution is -0.192. The molecule has 0 saturated heterocycles. The molecule has 0 rings (SSSR count). The van der Waals surface area contributed by atoms with E-state index < -0.39 is 12.1 Å². The van der Waals surface area contributed by atoms with Crippen molar-refractivity contribution < 1.29 is 23.1 Å². The van der Waals surface area contributed by atoms with Crippen LogP contribution in [0.4, 0.5) is 13.2 Å². The highest BCUT2D eigenvalue weighted by Crippen LogP contribution is 2.13. The first-order valence-electron chi connectivity index (χ1n) is 1.58. The number of carboxylic acid groups (broad SMARTS) is 1. The normalized spacial score (nSPS) is 9.00.